The molecule has 5 rings (SSSR count). The van der Waals surface area contributed by atoms with E-state index in [1.165, 1.54) is 5.56 Å². The van der Waals surface area contributed by atoms with Crippen LogP contribution in [0.15, 0.2) is 48.5 Å². The molecule has 2 amide bonds. The molecule has 0 radical (unpaired) electrons. The van der Waals surface area contributed by atoms with Gasteiger partial charge in [0.1, 0.15) is 0 Å². The van der Waals surface area contributed by atoms with Crippen molar-refractivity contribution < 1.29 is 9.59 Å². The highest BCUT2D eigenvalue weighted by Gasteiger charge is 2.38. The number of hydrogen-bond acceptors (Lipinski definition) is 3. The lowest BCUT2D eigenvalue weighted by Crippen LogP contribution is -2.40. The Balaban J connectivity index is 1.28. The van der Waals surface area contributed by atoms with E-state index in [1.807, 2.05) is 41.3 Å². The molecule has 0 saturated carbocycles. The van der Waals surface area contributed by atoms with Gasteiger partial charge in [-0.1, -0.05) is 49.2 Å². The Kier molecular flexibility index (Phi) is 6.42. The number of benzene rings is 2. The van der Waals surface area contributed by atoms with E-state index >= 15 is 0 Å². The summed E-state index contributed by atoms with van der Waals surface area (Å²) in [4.78, 5) is 29.8. The van der Waals surface area contributed by atoms with Crippen LogP contribution < -0.4 is 4.90 Å². The molecule has 1 N–H and O–H groups in total. The van der Waals surface area contributed by atoms with Crippen LogP contribution in [-0.2, 0) is 29.0 Å². The first-order chi connectivity index (χ1) is 16.5. The Bertz CT molecular complexity index is 1200. The van der Waals surface area contributed by atoms with Crippen molar-refractivity contribution in [3.8, 4) is 11.3 Å². The first-order valence-electron chi connectivity index (χ1n) is 12.0. The van der Waals surface area contributed by atoms with Crippen LogP contribution in [-0.4, -0.2) is 40.0 Å². The van der Waals surface area contributed by atoms with Crippen LogP contribution in [0.5, 0.6) is 0 Å². The summed E-state index contributed by atoms with van der Waals surface area (Å²) in [5.41, 5.74) is 6.02. The van der Waals surface area contributed by atoms with Gasteiger partial charge in [-0.3, -0.25) is 14.7 Å². The Morgan fingerprint density at radius 3 is 2.79 bits per heavy atom. The average Bonchev–Trinajstić information content (AvgIpc) is 3.46. The Hall–Kier alpha value is -3.12. The minimum absolute atomic E-state index is 0.0142. The molecule has 0 spiro atoms. The fourth-order valence-electron chi connectivity index (χ4n) is 4.96. The standard InChI is InChI=1S/C27H29ClN4O2/c1-2-3-5-18-8-10-22(11-9-18)32-16-20(15-25(32)33)27(34)31-13-12-24-23(17-31)26(30-29-24)19-6-4-7-21(28)14-19/h4,6-11,14,20H,2-3,5,12-13,15-17H2,1H3,(H,29,30). The second-order valence-corrected chi connectivity index (χ2v) is 9.66. The number of aromatic amines is 1. The molecule has 2 aromatic carbocycles. The maximum Gasteiger partial charge on any atom is 0.228 e. The zero-order chi connectivity index (χ0) is 23.7. The van der Waals surface area contributed by atoms with Crippen LogP contribution in [0, 0.1) is 5.92 Å². The van der Waals surface area contributed by atoms with Crippen LogP contribution in [0.1, 0.15) is 43.0 Å². The molecule has 0 aliphatic carbocycles. The van der Waals surface area contributed by atoms with Crippen molar-refractivity contribution >= 4 is 29.1 Å². The number of anilines is 1. The van der Waals surface area contributed by atoms with Gasteiger partial charge < -0.3 is 9.80 Å². The van der Waals surface area contributed by atoms with Gasteiger partial charge in [0.2, 0.25) is 11.8 Å². The molecule has 2 aliphatic heterocycles. The summed E-state index contributed by atoms with van der Waals surface area (Å²) in [5.74, 6) is -0.269. The average molecular weight is 477 g/mol. The highest BCUT2D eigenvalue weighted by atomic mass is 35.5. The smallest absolute Gasteiger partial charge is 0.228 e. The van der Waals surface area contributed by atoms with Gasteiger partial charge in [-0.05, 0) is 42.7 Å². The fraction of sp³-hybridized carbons (Fsp3) is 0.370. The zero-order valence-corrected chi connectivity index (χ0v) is 20.1. The minimum Gasteiger partial charge on any atom is -0.338 e. The molecular formula is C27H29ClN4O2. The maximum absolute atomic E-state index is 13.4. The quantitative estimate of drug-likeness (QED) is 0.543. The van der Waals surface area contributed by atoms with Crippen molar-refractivity contribution in [3.63, 3.8) is 0 Å². The van der Waals surface area contributed by atoms with Gasteiger partial charge in [0, 0.05) is 60.0 Å². The summed E-state index contributed by atoms with van der Waals surface area (Å²) in [7, 11) is 0. The van der Waals surface area contributed by atoms with Gasteiger partial charge in [-0.25, -0.2) is 0 Å². The van der Waals surface area contributed by atoms with Crippen molar-refractivity contribution in [2.45, 2.75) is 45.6 Å². The molecule has 3 heterocycles. The molecule has 1 unspecified atom stereocenters. The number of aromatic nitrogens is 2. The maximum atomic E-state index is 13.4. The molecular weight excluding hydrogens is 448 g/mol. The lowest BCUT2D eigenvalue weighted by atomic mass is 9.99. The van der Waals surface area contributed by atoms with E-state index in [9.17, 15) is 9.59 Å². The van der Waals surface area contributed by atoms with Crippen molar-refractivity contribution in [3.05, 3.63) is 70.4 Å². The number of nitrogens with one attached hydrogen (secondary N) is 1. The molecule has 0 bridgehead atoms. The molecule has 1 fully saturated rings. The van der Waals surface area contributed by atoms with Crippen LogP contribution >= 0.6 is 11.6 Å². The second kappa shape index (κ2) is 9.63. The van der Waals surface area contributed by atoms with Gasteiger partial charge >= 0.3 is 0 Å². The Morgan fingerprint density at radius 2 is 2.03 bits per heavy atom. The van der Waals surface area contributed by atoms with E-state index in [0.29, 0.717) is 24.7 Å². The predicted molar refractivity (Wildman–Crippen MR) is 134 cm³/mol. The molecule has 6 nitrogen and oxygen atoms in total. The third-order valence-electron chi connectivity index (χ3n) is 6.88. The number of aryl methyl sites for hydroxylation is 1. The Morgan fingerprint density at radius 1 is 1.21 bits per heavy atom. The summed E-state index contributed by atoms with van der Waals surface area (Å²) in [6.45, 7) is 3.73. The third-order valence-corrected chi connectivity index (χ3v) is 7.12. The predicted octanol–water partition coefficient (Wildman–Crippen LogP) is 5.01. The van der Waals surface area contributed by atoms with Crippen LogP contribution in [0.2, 0.25) is 5.02 Å². The van der Waals surface area contributed by atoms with Crippen molar-refractivity contribution in [2.24, 2.45) is 5.92 Å². The highest BCUT2D eigenvalue weighted by Crippen LogP contribution is 2.32. The summed E-state index contributed by atoms with van der Waals surface area (Å²) in [5, 5.41) is 8.29. The van der Waals surface area contributed by atoms with E-state index in [2.05, 4.69) is 29.3 Å². The first kappa shape index (κ1) is 22.7. The van der Waals surface area contributed by atoms with Crippen molar-refractivity contribution in [1.29, 1.82) is 0 Å². The fourth-order valence-corrected chi connectivity index (χ4v) is 5.15. The SMILES string of the molecule is CCCCc1ccc(N2CC(C(=O)N3CCc4[nH]nc(-c5cccc(Cl)c5)c4C3)CC2=O)cc1. The Labute approximate surface area is 204 Å². The van der Waals surface area contributed by atoms with Gasteiger partial charge in [0.05, 0.1) is 11.6 Å². The van der Waals surface area contributed by atoms with Gasteiger partial charge in [-0.2, -0.15) is 5.10 Å². The van der Waals surface area contributed by atoms with E-state index < -0.39 is 0 Å². The number of carbonyl (C=O) groups excluding carboxylic acids is 2. The normalized spacial score (nSPS) is 17.8. The number of halogens is 1. The van der Waals surface area contributed by atoms with E-state index in [4.69, 9.17) is 11.6 Å². The molecule has 1 aromatic heterocycles. The molecule has 1 saturated heterocycles. The van der Waals surface area contributed by atoms with E-state index in [1.54, 1.807) is 4.90 Å². The topological polar surface area (TPSA) is 69.3 Å². The number of nitrogens with zero attached hydrogens (tertiary/aromatic N) is 3. The number of carbonyl (C=O) groups is 2. The molecule has 2 aliphatic rings. The van der Waals surface area contributed by atoms with Crippen LogP contribution in [0.3, 0.4) is 0 Å². The first-order valence-corrected chi connectivity index (χ1v) is 12.4. The monoisotopic (exact) mass is 476 g/mol. The summed E-state index contributed by atoms with van der Waals surface area (Å²) >= 11 is 6.18. The van der Waals surface area contributed by atoms with Gasteiger partial charge in [0.15, 0.2) is 0 Å². The van der Waals surface area contributed by atoms with Gasteiger partial charge in [-0.15, -0.1) is 0 Å². The number of unbranched alkanes of at least 4 members (excludes halogenated alkanes) is 1. The van der Waals surface area contributed by atoms with E-state index in [-0.39, 0.29) is 24.2 Å². The van der Waals surface area contributed by atoms with E-state index in [0.717, 1.165) is 53.9 Å². The van der Waals surface area contributed by atoms with Crippen LogP contribution in [0.25, 0.3) is 11.3 Å². The largest absolute Gasteiger partial charge is 0.338 e. The third kappa shape index (κ3) is 4.47. The number of amides is 2. The van der Waals surface area contributed by atoms with Crippen molar-refractivity contribution in [1.82, 2.24) is 15.1 Å². The molecule has 34 heavy (non-hydrogen) atoms. The van der Waals surface area contributed by atoms with Crippen molar-refractivity contribution in [2.75, 3.05) is 18.0 Å². The molecule has 3 aromatic rings. The van der Waals surface area contributed by atoms with Gasteiger partial charge in [0.25, 0.3) is 0 Å². The number of hydrogen-bond donors (Lipinski definition) is 1. The summed E-state index contributed by atoms with van der Waals surface area (Å²) in [6.07, 6.45) is 4.35. The number of H-pyrrole nitrogens is 1. The molecule has 1 atom stereocenters. The summed E-state index contributed by atoms with van der Waals surface area (Å²) in [6, 6.07) is 15.8. The second-order valence-electron chi connectivity index (χ2n) is 9.22. The number of fused-ring (bicyclic) bond motifs is 1. The minimum atomic E-state index is -0.324. The summed E-state index contributed by atoms with van der Waals surface area (Å²) < 4.78 is 0. The molecule has 176 valence electrons. The van der Waals surface area contributed by atoms with Crippen LogP contribution in [0.4, 0.5) is 5.69 Å². The lowest BCUT2D eigenvalue weighted by Gasteiger charge is -2.29. The lowest BCUT2D eigenvalue weighted by molar-refractivity contribution is -0.136. The number of rotatable bonds is 6. The zero-order valence-electron chi connectivity index (χ0n) is 19.4. The molecule has 7 heteroatoms. The highest BCUT2D eigenvalue weighted by molar-refractivity contribution is 6.30.